The topological polar surface area (TPSA) is 49.4 Å². The van der Waals surface area contributed by atoms with Crippen molar-refractivity contribution < 1.29 is 9.59 Å². The minimum Gasteiger partial charge on any atom is -0.356 e. The third-order valence-electron chi connectivity index (χ3n) is 6.43. The molecule has 0 aromatic heterocycles. The molecule has 1 aromatic carbocycles. The first-order valence-electron chi connectivity index (χ1n) is 11.1. The van der Waals surface area contributed by atoms with Crippen LogP contribution in [0, 0.1) is 23.7 Å². The van der Waals surface area contributed by atoms with E-state index in [0.29, 0.717) is 17.7 Å². The summed E-state index contributed by atoms with van der Waals surface area (Å²) < 4.78 is 0. The summed E-state index contributed by atoms with van der Waals surface area (Å²) in [4.78, 5) is 27.3. The summed E-state index contributed by atoms with van der Waals surface area (Å²) in [7, 11) is 0. The Kier molecular flexibility index (Phi) is 7.52. The molecule has 28 heavy (non-hydrogen) atoms. The Morgan fingerprint density at radius 2 is 1.57 bits per heavy atom. The van der Waals surface area contributed by atoms with Gasteiger partial charge in [-0.1, -0.05) is 44.2 Å². The van der Waals surface area contributed by atoms with Crippen molar-refractivity contribution in [1.29, 1.82) is 0 Å². The number of piperidine rings is 1. The van der Waals surface area contributed by atoms with Crippen molar-refractivity contribution in [2.75, 3.05) is 19.6 Å². The molecule has 1 aliphatic heterocycles. The predicted molar refractivity (Wildman–Crippen MR) is 113 cm³/mol. The lowest BCUT2D eigenvalue weighted by molar-refractivity contribution is -0.139. The van der Waals surface area contributed by atoms with Gasteiger partial charge in [-0.15, -0.1) is 0 Å². The van der Waals surface area contributed by atoms with Crippen molar-refractivity contribution in [2.24, 2.45) is 23.7 Å². The summed E-state index contributed by atoms with van der Waals surface area (Å²) in [5.74, 6) is 1.90. The van der Waals surface area contributed by atoms with Gasteiger partial charge in [-0.2, -0.15) is 0 Å². The maximum absolute atomic E-state index is 12.9. The van der Waals surface area contributed by atoms with E-state index in [1.807, 2.05) is 0 Å². The summed E-state index contributed by atoms with van der Waals surface area (Å²) in [6.45, 7) is 6.75. The van der Waals surface area contributed by atoms with E-state index in [2.05, 4.69) is 54.4 Å². The Hall–Kier alpha value is -1.84. The van der Waals surface area contributed by atoms with E-state index in [0.717, 1.165) is 64.6 Å². The van der Waals surface area contributed by atoms with Crippen LogP contribution in [0.5, 0.6) is 0 Å². The van der Waals surface area contributed by atoms with Gasteiger partial charge >= 0.3 is 0 Å². The van der Waals surface area contributed by atoms with E-state index in [1.165, 1.54) is 5.56 Å². The zero-order valence-corrected chi connectivity index (χ0v) is 17.5. The average molecular weight is 385 g/mol. The highest BCUT2D eigenvalue weighted by Crippen LogP contribution is 2.31. The quantitative estimate of drug-likeness (QED) is 0.804. The molecule has 2 fully saturated rings. The number of hydrogen-bond donors (Lipinski definition) is 1. The highest BCUT2D eigenvalue weighted by molar-refractivity contribution is 5.81. The molecule has 0 bridgehead atoms. The second-order valence-electron chi connectivity index (χ2n) is 9.15. The molecule has 0 radical (unpaired) electrons. The van der Waals surface area contributed by atoms with Gasteiger partial charge in [0.1, 0.15) is 0 Å². The molecular weight excluding hydrogens is 348 g/mol. The van der Waals surface area contributed by atoms with Crippen LogP contribution >= 0.6 is 0 Å². The normalized spacial score (nSPS) is 23.6. The third-order valence-corrected chi connectivity index (χ3v) is 6.43. The zero-order chi connectivity index (χ0) is 19.9. The van der Waals surface area contributed by atoms with Crippen LogP contribution < -0.4 is 5.32 Å². The Bertz CT molecular complexity index is 627. The molecular formula is C24H36N2O2. The maximum atomic E-state index is 12.9. The first-order valence-corrected chi connectivity index (χ1v) is 11.1. The summed E-state index contributed by atoms with van der Waals surface area (Å²) in [6.07, 6.45) is 6.77. The van der Waals surface area contributed by atoms with Crippen LogP contribution in [0.25, 0.3) is 0 Å². The van der Waals surface area contributed by atoms with Gasteiger partial charge in [0.05, 0.1) is 0 Å². The SMILES string of the molecule is CC(C)CNC(=O)C1CCC(C(=O)N2CCC(Cc3ccccc3)CC2)CC1. The standard InChI is InChI=1S/C24H36N2O2/c1-18(2)17-25-23(27)21-8-10-22(11-9-21)24(28)26-14-12-20(13-15-26)16-19-6-4-3-5-7-19/h3-7,18,20-22H,8-17H2,1-2H3,(H,25,27). The Labute approximate surface area is 170 Å². The molecule has 3 rings (SSSR count). The van der Waals surface area contributed by atoms with E-state index < -0.39 is 0 Å². The molecule has 0 atom stereocenters. The van der Waals surface area contributed by atoms with Crippen LogP contribution in [0.2, 0.25) is 0 Å². The summed E-state index contributed by atoms with van der Waals surface area (Å²) >= 11 is 0. The van der Waals surface area contributed by atoms with Crippen molar-refractivity contribution in [3.63, 3.8) is 0 Å². The number of nitrogens with one attached hydrogen (secondary N) is 1. The Morgan fingerprint density at radius 1 is 0.964 bits per heavy atom. The Morgan fingerprint density at radius 3 is 2.18 bits per heavy atom. The fourth-order valence-corrected chi connectivity index (χ4v) is 4.61. The molecule has 1 saturated carbocycles. The third kappa shape index (κ3) is 5.83. The number of hydrogen-bond acceptors (Lipinski definition) is 2. The number of carbonyl (C=O) groups excluding carboxylic acids is 2. The summed E-state index contributed by atoms with van der Waals surface area (Å²) in [5.41, 5.74) is 1.40. The van der Waals surface area contributed by atoms with Gasteiger partial charge in [0, 0.05) is 31.5 Å². The van der Waals surface area contributed by atoms with Gasteiger partial charge < -0.3 is 10.2 Å². The van der Waals surface area contributed by atoms with Crippen molar-refractivity contribution in [3.8, 4) is 0 Å². The summed E-state index contributed by atoms with van der Waals surface area (Å²) in [5, 5.41) is 3.05. The molecule has 0 unspecified atom stereocenters. The molecule has 1 N–H and O–H groups in total. The van der Waals surface area contributed by atoms with Crippen LogP contribution in [-0.2, 0) is 16.0 Å². The van der Waals surface area contributed by atoms with Crippen molar-refractivity contribution in [1.82, 2.24) is 10.2 Å². The van der Waals surface area contributed by atoms with Crippen LogP contribution in [0.4, 0.5) is 0 Å². The van der Waals surface area contributed by atoms with Crippen molar-refractivity contribution >= 4 is 11.8 Å². The number of carbonyl (C=O) groups is 2. The van der Waals surface area contributed by atoms with Crippen LogP contribution in [-0.4, -0.2) is 36.3 Å². The number of nitrogens with zero attached hydrogens (tertiary/aromatic N) is 1. The fourth-order valence-electron chi connectivity index (χ4n) is 4.61. The molecule has 0 spiro atoms. The number of likely N-dealkylation sites (tertiary alicyclic amines) is 1. The first kappa shape index (κ1) is 20.9. The monoisotopic (exact) mass is 384 g/mol. The summed E-state index contributed by atoms with van der Waals surface area (Å²) in [6, 6.07) is 10.7. The molecule has 1 aliphatic carbocycles. The van der Waals surface area contributed by atoms with E-state index in [-0.39, 0.29) is 17.7 Å². The number of benzene rings is 1. The molecule has 1 heterocycles. The maximum Gasteiger partial charge on any atom is 0.225 e. The predicted octanol–water partition coefficient (Wildman–Crippen LogP) is 4.05. The van der Waals surface area contributed by atoms with E-state index in [9.17, 15) is 9.59 Å². The van der Waals surface area contributed by atoms with E-state index >= 15 is 0 Å². The fraction of sp³-hybridized carbons (Fsp3) is 0.667. The minimum atomic E-state index is 0.0967. The minimum absolute atomic E-state index is 0.0967. The smallest absolute Gasteiger partial charge is 0.225 e. The van der Waals surface area contributed by atoms with Gasteiger partial charge in [-0.3, -0.25) is 9.59 Å². The second kappa shape index (κ2) is 10.1. The first-order chi connectivity index (χ1) is 13.5. The van der Waals surface area contributed by atoms with Gasteiger partial charge in [-0.05, 0) is 62.3 Å². The number of amides is 2. The van der Waals surface area contributed by atoms with Crippen LogP contribution in [0.1, 0.15) is 57.9 Å². The van der Waals surface area contributed by atoms with E-state index in [1.54, 1.807) is 0 Å². The van der Waals surface area contributed by atoms with Gasteiger partial charge in [-0.25, -0.2) is 0 Å². The average Bonchev–Trinajstić information content (AvgIpc) is 2.73. The molecule has 154 valence electrons. The molecule has 4 nitrogen and oxygen atoms in total. The molecule has 2 amide bonds. The second-order valence-corrected chi connectivity index (χ2v) is 9.15. The molecule has 4 heteroatoms. The van der Waals surface area contributed by atoms with Crippen molar-refractivity contribution in [3.05, 3.63) is 35.9 Å². The van der Waals surface area contributed by atoms with Crippen molar-refractivity contribution in [2.45, 2.75) is 58.8 Å². The lowest BCUT2D eigenvalue weighted by atomic mass is 9.80. The molecule has 1 aromatic rings. The highest BCUT2D eigenvalue weighted by Gasteiger charge is 2.33. The van der Waals surface area contributed by atoms with Crippen LogP contribution in [0.3, 0.4) is 0 Å². The largest absolute Gasteiger partial charge is 0.356 e. The van der Waals surface area contributed by atoms with Gasteiger partial charge in [0.2, 0.25) is 11.8 Å². The number of rotatable bonds is 6. The van der Waals surface area contributed by atoms with E-state index in [4.69, 9.17) is 0 Å². The van der Waals surface area contributed by atoms with Gasteiger partial charge in [0.25, 0.3) is 0 Å². The molecule has 1 saturated heterocycles. The lowest BCUT2D eigenvalue weighted by Crippen LogP contribution is -2.44. The van der Waals surface area contributed by atoms with Gasteiger partial charge in [0.15, 0.2) is 0 Å². The Balaban J connectivity index is 1.39. The zero-order valence-electron chi connectivity index (χ0n) is 17.5. The lowest BCUT2D eigenvalue weighted by Gasteiger charge is -2.36. The van der Waals surface area contributed by atoms with Crippen LogP contribution in [0.15, 0.2) is 30.3 Å². The highest BCUT2D eigenvalue weighted by atomic mass is 16.2. The molecule has 2 aliphatic rings.